The number of nitriles is 1. The maximum absolute atomic E-state index is 12.5. The van der Waals surface area contributed by atoms with E-state index >= 15 is 0 Å². The summed E-state index contributed by atoms with van der Waals surface area (Å²) >= 11 is 0. The van der Waals surface area contributed by atoms with Crippen LogP contribution in [0, 0.1) is 11.3 Å². The van der Waals surface area contributed by atoms with Gasteiger partial charge in [0.05, 0.1) is 6.20 Å². The van der Waals surface area contributed by atoms with Gasteiger partial charge in [-0.3, -0.25) is 0 Å². The normalized spacial score (nSPS) is 19.6. The Balaban J connectivity index is 1.47. The third-order valence-corrected chi connectivity index (χ3v) is 8.44. The Bertz CT molecular complexity index is 1410. The molecule has 5 rings (SSSR count). The Kier molecular flexibility index (Phi) is 6.32. The number of rotatable bonds is 5. The quantitative estimate of drug-likeness (QED) is 0.475. The van der Waals surface area contributed by atoms with Gasteiger partial charge in [-0.25, -0.2) is 9.97 Å². The van der Waals surface area contributed by atoms with Gasteiger partial charge in [-0.2, -0.15) is 10.2 Å². The van der Waals surface area contributed by atoms with Crippen LogP contribution in [0.15, 0.2) is 36.5 Å². The van der Waals surface area contributed by atoms with Crippen molar-refractivity contribution >= 4 is 35.8 Å². The van der Waals surface area contributed by atoms with Crippen molar-refractivity contribution in [3.05, 3.63) is 58.8 Å². The van der Waals surface area contributed by atoms with Crippen LogP contribution in [0.2, 0.25) is 0 Å². The molecule has 1 aliphatic heterocycles. The highest BCUT2D eigenvalue weighted by Gasteiger charge is 2.37. The first-order valence-corrected chi connectivity index (χ1v) is 14.9. The van der Waals surface area contributed by atoms with Crippen molar-refractivity contribution in [2.75, 3.05) is 37.6 Å². The highest BCUT2D eigenvalue weighted by Crippen LogP contribution is 2.43. The van der Waals surface area contributed by atoms with Crippen LogP contribution < -0.4 is 16.1 Å². The van der Waals surface area contributed by atoms with Gasteiger partial charge >= 0.3 is 0 Å². The number of nitrogens with one attached hydrogen (secondary N) is 2. The molecule has 0 saturated carbocycles. The zero-order valence-corrected chi connectivity index (χ0v) is 22.2. The molecule has 3 aromatic rings. The van der Waals surface area contributed by atoms with Crippen LogP contribution in [-0.2, 0) is 22.9 Å². The number of benzene rings is 1. The second-order valence-corrected chi connectivity index (χ2v) is 13.8. The number of pyridine rings is 1. The van der Waals surface area contributed by atoms with Crippen LogP contribution in [-0.4, -0.2) is 46.8 Å². The van der Waals surface area contributed by atoms with Crippen LogP contribution in [0.3, 0.4) is 0 Å². The van der Waals surface area contributed by atoms with E-state index in [-0.39, 0.29) is 5.41 Å². The lowest BCUT2D eigenvalue weighted by molar-refractivity contribution is 0.213. The molecule has 36 heavy (non-hydrogen) atoms. The summed E-state index contributed by atoms with van der Waals surface area (Å²) in [4.78, 5) is 15.9. The van der Waals surface area contributed by atoms with E-state index in [1.165, 1.54) is 42.1 Å². The Hall–Kier alpha value is -3.27. The first kappa shape index (κ1) is 24.4. The van der Waals surface area contributed by atoms with Crippen molar-refractivity contribution in [3.8, 4) is 6.07 Å². The first-order chi connectivity index (χ1) is 17.1. The zero-order chi connectivity index (χ0) is 25.5. The fraction of sp³-hybridized carbons (Fsp3) is 0.407. The number of anilines is 4. The molecule has 1 aromatic carbocycles. The fourth-order valence-corrected chi connectivity index (χ4v) is 6.45. The molecule has 0 spiro atoms. The fourth-order valence-electron chi connectivity index (χ4n) is 5.66. The molecule has 1 atom stereocenters. The second-order valence-electron chi connectivity index (χ2n) is 10.7. The van der Waals surface area contributed by atoms with Gasteiger partial charge in [0.25, 0.3) is 0 Å². The van der Waals surface area contributed by atoms with E-state index in [0.717, 1.165) is 25.2 Å². The van der Waals surface area contributed by atoms with Gasteiger partial charge in [0.2, 0.25) is 5.95 Å². The predicted octanol–water partition coefficient (Wildman–Crippen LogP) is 4.91. The molecule has 2 aliphatic rings. The minimum absolute atomic E-state index is 0.192. The van der Waals surface area contributed by atoms with E-state index in [1.807, 2.05) is 0 Å². The summed E-state index contributed by atoms with van der Waals surface area (Å²) in [5.41, 5.74) is 6.29. The molecule has 2 N–H and O–H groups in total. The SMILES string of the molecule is CN1Cc2cc(Nc3ncc(C#N)c(Nc4cccc(P(C)(C)=O)n4)n3)cc3c2[C@@](C)(CCCC3)C1. The molecule has 2 aromatic heterocycles. The molecule has 0 saturated heterocycles. The monoisotopic (exact) mass is 501 g/mol. The number of aryl methyl sites for hydroxylation is 1. The van der Waals surface area contributed by atoms with Crippen LogP contribution in [0.25, 0.3) is 0 Å². The van der Waals surface area contributed by atoms with E-state index in [2.05, 4.69) is 62.7 Å². The first-order valence-electron chi connectivity index (χ1n) is 12.3. The van der Waals surface area contributed by atoms with Crippen molar-refractivity contribution < 1.29 is 4.57 Å². The van der Waals surface area contributed by atoms with E-state index in [4.69, 9.17) is 0 Å². The zero-order valence-electron chi connectivity index (χ0n) is 21.3. The number of likely N-dealkylation sites (N-methyl/N-ethyl adjacent to an activating group) is 1. The minimum atomic E-state index is -2.52. The summed E-state index contributed by atoms with van der Waals surface area (Å²) in [6, 6.07) is 11.9. The molecule has 9 heteroatoms. The lowest BCUT2D eigenvalue weighted by Crippen LogP contribution is -2.42. The number of aromatic nitrogens is 3. The van der Waals surface area contributed by atoms with Crippen LogP contribution >= 0.6 is 7.14 Å². The van der Waals surface area contributed by atoms with E-state index < -0.39 is 7.14 Å². The van der Waals surface area contributed by atoms with Crippen LogP contribution in [0.5, 0.6) is 0 Å². The molecule has 0 amide bonds. The van der Waals surface area contributed by atoms with Gasteiger partial charge in [0, 0.05) is 24.2 Å². The van der Waals surface area contributed by atoms with Gasteiger partial charge in [-0.1, -0.05) is 19.4 Å². The summed E-state index contributed by atoms with van der Waals surface area (Å²) in [6.07, 6.45) is 6.25. The van der Waals surface area contributed by atoms with Crippen molar-refractivity contribution in [3.63, 3.8) is 0 Å². The average molecular weight is 502 g/mol. The molecule has 0 unspecified atom stereocenters. The molecule has 1 aliphatic carbocycles. The number of nitrogens with zero attached hydrogens (tertiary/aromatic N) is 5. The Labute approximate surface area is 212 Å². The smallest absolute Gasteiger partial charge is 0.229 e. The van der Waals surface area contributed by atoms with Crippen molar-refractivity contribution in [1.82, 2.24) is 19.9 Å². The van der Waals surface area contributed by atoms with Crippen molar-refractivity contribution in [2.24, 2.45) is 0 Å². The van der Waals surface area contributed by atoms with E-state index in [0.29, 0.717) is 28.6 Å². The molecule has 3 heterocycles. The Morgan fingerprint density at radius 2 is 1.94 bits per heavy atom. The highest BCUT2D eigenvalue weighted by atomic mass is 31.2. The summed E-state index contributed by atoms with van der Waals surface area (Å²) < 4.78 is 12.5. The van der Waals surface area contributed by atoms with Gasteiger partial charge in [-0.15, -0.1) is 0 Å². The van der Waals surface area contributed by atoms with Gasteiger partial charge in [-0.05, 0) is 80.6 Å². The van der Waals surface area contributed by atoms with Crippen molar-refractivity contribution in [1.29, 1.82) is 5.26 Å². The summed E-state index contributed by atoms with van der Waals surface area (Å²) in [5.74, 6) is 1.23. The summed E-state index contributed by atoms with van der Waals surface area (Å²) in [5, 5.41) is 16.1. The maximum atomic E-state index is 12.5. The minimum Gasteiger partial charge on any atom is -0.324 e. The standard InChI is InChI=1S/C27H32N7OP/c1-27-11-6-5-8-18-12-21(13-19(24(18)27)16-34(2)17-27)30-26-29-15-20(14-28)25(33-26)32-22-9-7-10-23(31-22)36(3,4)35/h7,9-10,12-13,15H,5-6,8,11,16-17H2,1-4H3,(H2,29,30,31,32,33)/t27-/m0/s1. The van der Waals surface area contributed by atoms with Crippen LogP contribution in [0.4, 0.5) is 23.3 Å². The number of hydrogen-bond acceptors (Lipinski definition) is 8. The van der Waals surface area contributed by atoms with Gasteiger partial charge in [0.15, 0.2) is 5.82 Å². The molecular formula is C27H32N7OP. The third-order valence-electron chi connectivity index (χ3n) is 7.09. The highest BCUT2D eigenvalue weighted by molar-refractivity contribution is 7.69. The topological polar surface area (TPSA) is 107 Å². The third kappa shape index (κ3) is 4.86. The van der Waals surface area contributed by atoms with E-state index in [9.17, 15) is 9.83 Å². The second kappa shape index (κ2) is 9.31. The van der Waals surface area contributed by atoms with Crippen molar-refractivity contribution in [2.45, 2.75) is 44.6 Å². The summed E-state index contributed by atoms with van der Waals surface area (Å²) in [6.45, 7) is 7.79. The molecule has 0 bridgehead atoms. The molecule has 186 valence electrons. The Morgan fingerprint density at radius 1 is 1.14 bits per heavy atom. The summed E-state index contributed by atoms with van der Waals surface area (Å²) in [7, 11) is -0.325. The van der Waals surface area contributed by atoms with Gasteiger partial charge < -0.3 is 20.1 Å². The average Bonchev–Trinajstić information content (AvgIpc) is 2.97. The van der Waals surface area contributed by atoms with Gasteiger partial charge in [0.1, 0.15) is 30.0 Å². The maximum Gasteiger partial charge on any atom is 0.229 e. The molecular weight excluding hydrogens is 469 g/mol. The lowest BCUT2D eigenvalue weighted by atomic mass is 9.73. The van der Waals surface area contributed by atoms with Crippen LogP contribution in [0.1, 0.15) is 48.4 Å². The Morgan fingerprint density at radius 3 is 2.72 bits per heavy atom. The molecule has 0 fully saturated rings. The number of hydrogen-bond donors (Lipinski definition) is 2. The largest absolute Gasteiger partial charge is 0.324 e. The predicted molar refractivity (Wildman–Crippen MR) is 144 cm³/mol. The molecule has 0 radical (unpaired) electrons. The molecule has 8 nitrogen and oxygen atoms in total. The lowest BCUT2D eigenvalue weighted by Gasteiger charge is -2.41. The van der Waals surface area contributed by atoms with E-state index in [1.54, 1.807) is 31.5 Å².